The van der Waals surface area contributed by atoms with Crippen LogP contribution in [0, 0.1) is 32.1 Å². The predicted octanol–water partition coefficient (Wildman–Crippen LogP) is 9.25. The number of rotatable bonds is 7. The van der Waals surface area contributed by atoms with Crippen molar-refractivity contribution in [2.24, 2.45) is 0 Å². The van der Waals surface area contributed by atoms with Crippen LogP contribution < -0.4 is 19.7 Å². The van der Waals surface area contributed by atoms with E-state index >= 15 is 0 Å². The Morgan fingerprint density at radius 1 is 0.821 bits per heavy atom. The SMILES string of the molecule is Cc1cc2c(C#N)c(N(C(=O)OC(C)(C)C)C(=O)OC(C)(C)C)n(-c3c(C)ccc(OC(=O)OC(C)(C)C)c3C)c2nc1OCC1(NC(=O)OC(C)(C)C)CC1. The van der Waals surface area contributed by atoms with Gasteiger partial charge in [0.05, 0.1) is 11.2 Å². The molecule has 3 amide bonds. The van der Waals surface area contributed by atoms with Crippen molar-refractivity contribution in [3.63, 3.8) is 0 Å². The molecular formula is C41H55N5O10. The number of fused-ring (bicyclic) bond motifs is 1. The first-order valence-electron chi connectivity index (χ1n) is 18.4. The molecule has 0 saturated heterocycles. The van der Waals surface area contributed by atoms with E-state index in [0.717, 1.165) is 0 Å². The van der Waals surface area contributed by atoms with Gasteiger partial charge in [0.25, 0.3) is 0 Å². The van der Waals surface area contributed by atoms with Crippen LogP contribution in [0.25, 0.3) is 16.7 Å². The Labute approximate surface area is 328 Å². The van der Waals surface area contributed by atoms with Crippen molar-refractivity contribution in [3.05, 3.63) is 40.5 Å². The minimum atomic E-state index is -1.11. The quantitative estimate of drug-likeness (QED) is 0.137. The van der Waals surface area contributed by atoms with Gasteiger partial charge in [-0.15, -0.1) is 0 Å². The summed E-state index contributed by atoms with van der Waals surface area (Å²) < 4.78 is 35.8. The maximum Gasteiger partial charge on any atom is 0.514 e. The molecule has 15 heteroatoms. The first-order chi connectivity index (χ1) is 25.5. The normalized spacial score (nSPS) is 14.0. The van der Waals surface area contributed by atoms with Gasteiger partial charge in [-0.25, -0.2) is 19.2 Å². The second kappa shape index (κ2) is 15.2. The van der Waals surface area contributed by atoms with Crippen LogP contribution in [-0.2, 0) is 18.9 Å². The fourth-order valence-electron chi connectivity index (χ4n) is 5.63. The number of carbonyl (C=O) groups is 4. The van der Waals surface area contributed by atoms with Gasteiger partial charge in [-0.3, -0.25) is 4.57 Å². The summed E-state index contributed by atoms with van der Waals surface area (Å²) in [5, 5.41) is 14.0. The first-order valence-corrected chi connectivity index (χ1v) is 18.4. The summed E-state index contributed by atoms with van der Waals surface area (Å²) in [6.45, 7) is 25.6. The second-order valence-corrected chi connectivity index (χ2v) is 18.0. The third-order valence-electron chi connectivity index (χ3n) is 8.03. The van der Waals surface area contributed by atoms with E-state index in [1.165, 1.54) is 4.57 Å². The van der Waals surface area contributed by atoms with Gasteiger partial charge in [0, 0.05) is 16.5 Å². The molecule has 3 aromatic rings. The summed E-state index contributed by atoms with van der Waals surface area (Å²) in [5.74, 6) is 0.0581. The topological polar surface area (TPSA) is 181 Å². The zero-order chi connectivity index (χ0) is 42.3. The number of nitrogens with one attached hydrogen (secondary N) is 1. The zero-order valence-corrected chi connectivity index (χ0v) is 35.2. The van der Waals surface area contributed by atoms with Crippen molar-refractivity contribution in [1.82, 2.24) is 14.9 Å². The van der Waals surface area contributed by atoms with E-state index in [1.54, 1.807) is 122 Å². The highest BCUT2D eigenvalue weighted by Gasteiger charge is 2.46. The molecule has 0 aliphatic heterocycles. The van der Waals surface area contributed by atoms with E-state index in [9.17, 15) is 24.4 Å². The van der Waals surface area contributed by atoms with Gasteiger partial charge in [0.15, 0.2) is 11.5 Å². The van der Waals surface area contributed by atoms with Gasteiger partial charge in [-0.05, 0) is 134 Å². The standard InChI is InChI=1S/C41H55N5O10/c1-23-16-17-28(52-36(50)56-40(13,14)15)25(3)29(23)45-30-26(20-24(2)31(43-30)51-22-41(18-19-41)44-33(47)53-37(4,5)6)27(21-42)32(45)46(34(48)54-38(7,8)9)35(49)55-39(10,11)12/h16-17,20H,18-19,22H2,1-15H3,(H,44,47). The molecule has 1 aliphatic rings. The molecule has 0 bridgehead atoms. The summed E-state index contributed by atoms with van der Waals surface area (Å²) in [4.78, 5) is 59.4. The van der Waals surface area contributed by atoms with E-state index < -0.39 is 52.4 Å². The molecule has 0 radical (unpaired) electrons. The second-order valence-electron chi connectivity index (χ2n) is 18.0. The van der Waals surface area contributed by atoms with E-state index in [1.807, 2.05) is 0 Å². The van der Waals surface area contributed by atoms with Crippen LogP contribution in [0.15, 0.2) is 18.2 Å². The van der Waals surface area contributed by atoms with Gasteiger partial charge in [-0.1, -0.05) is 6.07 Å². The summed E-state index contributed by atoms with van der Waals surface area (Å²) in [6.07, 6.45) is -2.44. The lowest BCUT2D eigenvalue weighted by Gasteiger charge is -2.29. The number of hydrogen-bond donors (Lipinski definition) is 1. The Kier molecular flexibility index (Phi) is 11.7. The molecule has 2 heterocycles. The number of carbonyl (C=O) groups excluding carboxylic acids is 4. The lowest BCUT2D eigenvalue weighted by molar-refractivity contribution is 0.0203. The third kappa shape index (κ3) is 10.6. The number of hydrogen-bond acceptors (Lipinski definition) is 12. The summed E-state index contributed by atoms with van der Waals surface area (Å²) in [5.41, 5.74) is -2.46. The molecule has 0 atom stereocenters. The number of amides is 3. The number of aryl methyl sites for hydroxylation is 2. The molecule has 15 nitrogen and oxygen atoms in total. The molecule has 56 heavy (non-hydrogen) atoms. The molecule has 1 N–H and O–H groups in total. The number of ether oxygens (including phenoxy) is 6. The van der Waals surface area contributed by atoms with Crippen molar-refractivity contribution >= 4 is 41.3 Å². The molecule has 1 aromatic carbocycles. The molecular weight excluding hydrogens is 722 g/mol. The van der Waals surface area contributed by atoms with Crippen LogP contribution in [0.1, 0.15) is 118 Å². The van der Waals surface area contributed by atoms with Gasteiger partial charge < -0.3 is 33.7 Å². The molecule has 1 fully saturated rings. The number of anilines is 1. The van der Waals surface area contributed by atoms with Gasteiger partial charge in [-0.2, -0.15) is 15.1 Å². The number of alkyl carbamates (subject to hydrolysis) is 1. The fourth-order valence-corrected chi connectivity index (χ4v) is 5.63. The highest BCUT2D eigenvalue weighted by atomic mass is 16.7. The monoisotopic (exact) mass is 777 g/mol. The minimum absolute atomic E-state index is 0.0590. The Morgan fingerprint density at radius 2 is 1.36 bits per heavy atom. The van der Waals surface area contributed by atoms with Crippen LogP contribution >= 0.6 is 0 Å². The number of nitrogens with zero attached hydrogens (tertiary/aromatic N) is 4. The van der Waals surface area contributed by atoms with Gasteiger partial charge >= 0.3 is 24.4 Å². The van der Waals surface area contributed by atoms with Crippen molar-refractivity contribution in [1.29, 1.82) is 5.26 Å². The summed E-state index contributed by atoms with van der Waals surface area (Å²) in [7, 11) is 0. The van der Waals surface area contributed by atoms with Crippen molar-refractivity contribution in [2.75, 3.05) is 11.5 Å². The largest absolute Gasteiger partial charge is 0.514 e. The number of nitriles is 1. The van der Waals surface area contributed by atoms with Crippen molar-refractivity contribution in [2.45, 2.75) is 145 Å². The lowest BCUT2D eigenvalue weighted by atomic mass is 10.1. The van der Waals surface area contributed by atoms with E-state index in [-0.39, 0.29) is 40.7 Å². The zero-order valence-electron chi connectivity index (χ0n) is 35.2. The van der Waals surface area contributed by atoms with E-state index in [2.05, 4.69) is 11.4 Å². The Bertz CT molecular complexity index is 2050. The smallest absolute Gasteiger partial charge is 0.475 e. The van der Waals surface area contributed by atoms with Crippen molar-refractivity contribution in [3.8, 4) is 23.4 Å². The van der Waals surface area contributed by atoms with E-state index in [4.69, 9.17) is 33.4 Å². The van der Waals surface area contributed by atoms with Crippen LogP contribution in [0.3, 0.4) is 0 Å². The summed E-state index contributed by atoms with van der Waals surface area (Å²) >= 11 is 0. The van der Waals surface area contributed by atoms with Crippen LogP contribution in [0.4, 0.5) is 25.0 Å². The predicted molar refractivity (Wildman–Crippen MR) is 209 cm³/mol. The van der Waals surface area contributed by atoms with Crippen LogP contribution in [0.2, 0.25) is 0 Å². The number of pyridine rings is 1. The Balaban J connectivity index is 2.02. The Morgan fingerprint density at radius 3 is 1.84 bits per heavy atom. The maximum absolute atomic E-state index is 14.2. The van der Waals surface area contributed by atoms with Crippen LogP contribution in [0.5, 0.6) is 11.6 Å². The van der Waals surface area contributed by atoms with Gasteiger partial charge in [0.1, 0.15) is 46.4 Å². The highest BCUT2D eigenvalue weighted by Crippen LogP contribution is 2.42. The fraction of sp³-hybridized carbons (Fsp3) is 0.561. The lowest BCUT2D eigenvalue weighted by Crippen LogP contribution is -2.45. The van der Waals surface area contributed by atoms with Gasteiger partial charge in [0.2, 0.25) is 5.88 Å². The number of imide groups is 1. The third-order valence-corrected chi connectivity index (χ3v) is 8.03. The maximum atomic E-state index is 14.2. The molecule has 0 unspecified atom stereocenters. The number of benzene rings is 1. The molecule has 1 aliphatic carbocycles. The van der Waals surface area contributed by atoms with Crippen LogP contribution in [-0.4, -0.2) is 68.5 Å². The molecule has 0 spiro atoms. The minimum Gasteiger partial charge on any atom is -0.475 e. The average molecular weight is 778 g/mol. The Hall–Kier alpha value is -5.52. The number of aromatic nitrogens is 2. The molecule has 4 rings (SSSR count). The highest BCUT2D eigenvalue weighted by molar-refractivity contribution is 6.13. The average Bonchev–Trinajstić information content (AvgIpc) is 3.68. The summed E-state index contributed by atoms with van der Waals surface area (Å²) in [6, 6.07) is 7.13. The first kappa shape index (κ1) is 43.2. The van der Waals surface area contributed by atoms with Crippen molar-refractivity contribution < 1.29 is 47.6 Å². The molecule has 2 aromatic heterocycles. The molecule has 1 saturated carbocycles. The van der Waals surface area contributed by atoms with E-state index in [0.29, 0.717) is 40.1 Å². The molecule has 304 valence electrons.